The second kappa shape index (κ2) is 7.06. The molecule has 1 saturated heterocycles. The molecule has 1 fully saturated rings. The summed E-state index contributed by atoms with van der Waals surface area (Å²) in [6.07, 6.45) is 2.39. The van der Waals surface area contributed by atoms with E-state index < -0.39 is 0 Å². The summed E-state index contributed by atoms with van der Waals surface area (Å²) in [7, 11) is 0. The van der Waals surface area contributed by atoms with Gasteiger partial charge in [-0.15, -0.1) is 0 Å². The highest BCUT2D eigenvalue weighted by Crippen LogP contribution is 2.13. The first-order valence-corrected chi connectivity index (χ1v) is 7.72. The molecule has 1 unspecified atom stereocenters. The number of hydrogen-bond acceptors (Lipinski definition) is 2. The van der Waals surface area contributed by atoms with Gasteiger partial charge in [-0.1, -0.05) is 45.0 Å². The summed E-state index contributed by atoms with van der Waals surface area (Å²) in [4.78, 5) is 2.60. The van der Waals surface area contributed by atoms with Crippen molar-refractivity contribution in [1.82, 2.24) is 10.2 Å². The van der Waals surface area contributed by atoms with Crippen molar-refractivity contribution in [2.75, 3.05) is 19.6 Å². The van der Waals surface area contributed by atoms with Gasteiger partial charge >= 0.3 is 0 Å². The first-order chi connectivity index (χ1) is 9.19. The lowest BCUT2D eigenvalue weighted by atomic mass is 10.0. The van der Waals surface area contributed by atoms with Gasteiger partial charge in [-0.25, -0.2) is 0 Å². The van der Waals surface area contributed by atoms with Crippen LogP contribution in [-0.4, -0.2) is 30.6 Å². The normalized spacial score (nSPS) is 21.6. The molecule has 1 N–H and O–H groups in total. The summed E-state index contributed by atoms with van der Waals surface area (Å²) < 4.78 is 0. The van der Waals surface area contributed by atoms with Crippen molar-refractivity contribution < 1.29 is 0 Å². The Morgan fingerprint density at radius 3 is 2.53 bits per heavy atom. The average molecular weight is 260 g/mol. The van der Waals surface area contributed by atoms with Gasteiger partial charge in [0.25, 0.3) is 0 Å². The van der Waals surface area contributed by atoms with Gasteiger partial charge in [0.05, 0.1) is 0 Å². The van der Waals surface area contributed by atoms with Crippen LogP contribution in [0.3, 0.4) is 0 Å². The van der Waals surface area contributed by atoms with Crippen molar-refractivity contribution in [3.8, 4) is 0 Å². The Morgan fingerprint density at radius 2 is 1.89 bits per heavy atom. The third kappa shape index (κ3) is 4.32. The minimum absolute atomic E-state index is 0.636. The zero-order valence-corrected chi connectivity index (χ0v) is 12.7. The summed E-state index contributed by atoms with van der Waals surface area (Å²) in [5, 5.41) is 3.67. The largest absolute Gasteiger partial charge is 0.312 e. The van der Waals surface area contributed by atoms with Gasteiger partial charge in [-0.2, -0.15) is 0 Å². The Kier molecular flexibility index (Phi) is 5.41. The Bertz CT molecular complexity index is 369. The van der Waals surface area contributed by atoms with Crippen molar-refractivity contribution in [1.29, 1.82) is 0 Å². The molecule has 2 heteroatoms. The second-order valence-corrected chi connectivity index (χ2v) is 6.06. The van der Waals surface area contributed by atoms with Gasteiger partial charge in [0.15, 0.2) is 0 Å². The van der Waals surface area contributed by atoms with Gasteiger partial charge in [-0.3, -0.25) is 4.90 Å². The minimum atomic E-state index is 0.636. The highest BCUT2D eigenvalue weighted by molar-refractivity contribution is 5.22. The van der Waals surface area contributed by atoms with Crippen LogP contribution in [-0.2, 0) is 13.0 Å². The summed E-state index contributed by atoms with van der Waals surface area (Å²) >= 11 is 0. The van der Waals surface area contributed by atoms with E-state index in [9.17, 15) is 0 Å². The number of hydrogen-bond donors (Lipinski definition) is 1. The van der Waals surface area contributed by atoms with Crippen LogP contribution in [0.1, 0.15) is 38.3 Å². The van der Waals surface area contributed by atoms with Crippen LogP contribution in [0.15, 0.2) is 24.3 Å². The smallest absolute Gasteiger partial charge is 0.0234 e. The predicted octanol–water partition coefficient (Wildman–Crippen LogP) is 3.07. The molecule has 1 aromatic carbocycles. The molecule has 1 aromatic rings. The Morgan fingerprint density at radius 1 is 1.21 bits per heavy atom. The van der Waals surface area contributed by atoms with E-state index >= 15 is 0 Å². The fourth-order valence-corrected chi connectivity index (χ4v) is 2.75. The summed E-state index contributed by atoms with van der Waals surface area (Å²) in [5.41, 5.74) is 2.88. The Balaban J connectivity index is 1.95. The third-order valence-electron chi connectivity index (χ3n) is 4.15. The minimum Gasteiger partial charge on any atom is -0.312 e. The van der Waals surface area contributed by atoms with Crippen molar-refractivity contribution >= 4 is 0 Å². The molecule has 2 nitrogen and oxygen atoms in total. The molecule has 0 spiro atoms. The van der Waals surface area contributed by atoms with E-state index in [1.807, 2.05) is 0 Å². The van der Waals surface area contributed by atoms with Crippen molar-refractivity contribution in [2.45, 2.75) is 46.2 Å². The molecule has 19 heavy (non-hydrogen) atoms. The first kappa shape index (κ1) is 14.5. The molecule has 0 aliphatic carbocycles. The van der Waals surface area contributed by atoms with E-state index in [1.165, 1.54) is 30.6 Å². The van der Waals surface area contributed by atoms with E-state index in [-0.39, 0.29) is 0 Å². The zero-order chi connectivity index (χ0) is 13.7. The first-order valence-electron chi connectivity index (χ1n) is 7.72. The maximum absolute atomic E-state index is 3.67. The molecule has 1 aliphatic heterocycles. The monoisotopic (exact) mass is 260 g/mol. The lowest BCUT2D eigenvalue weighted by molar-refractivity contribution is 0.238. The van der Waals surface area contributed by atoms with Gasteiger partial charge in [0.2, 0.25) is 0 Å². The maximum Gasteiger partial charge on any atom is 0.0234 e. The summed E-state index contributed by atoms with van der Waals surface area (Å²) in [6.45, 7) is 11.5. The van der Waals surface area contributed by atoms with Crippen molar-refractivity contribution in [3.63, 3.8) is 0 Å². The standard InChI is InChI=1S/C17H28N2/c1-4-15-6-8-16(9-7-15)12-19-11-5-10-18-17(13-19)14(2)3/h6-9,14,17-18H,4-5,10-13H2,1-3H3. The van der Waals surface area contributed by atoms with Crippen LogP contribution in [0.4, 0.5) is 0 Å². The van der Waals surface area contributed by atoms with Gasteiger partial charge in [-0.05, 0) is 43.0 Å². The zero-order valence-electron chi connectivity index (χ0n) is 12.7. The highest BCUT2D eigenvalue weighted by Gasteiger charge is 2.20. The number of nitrogens with zero attached hydrogens (tertiary/aromatic N) is 1. The quantitative estimate of drug-likeness (QED) is 0.895. The van der Waals surface area contributed by atoms with E-state index in [1.54, 1.807) is 0 Å². The fourth-order valence-electron chi connectivity index (χ4n) is 2.75. The second-order valence-electron chi connectivity index (χ2n) is 6.06. The van der Waals surface area contributed by atoms with Gasteiger partial charge < -0.3 is 5.32 Å². The fraction of sp³-hybridized carbons (Fsp3) is 0.647. The molecule has 0 aromatic heterocycles. The Hall–Kier alpha value is -0.860. The topological polar surface area (TPSA) is 15.3 Å². The summed E-state index contributed by atoms with van der Waals surface area (Å²) in [5.74, 6) is 0.711. The van der Waals surface area contributed by atoms with Crippen LogP contribution in [0.25, 0.3) is 0 Å². The molecule has 1 aliphatic rings. The van der Waals surface area contributed by atoms with E-state index in [0.29, 0.717) is 12.0 Å². The lowest BCUT2D eigenvalue weighted by Crippen LogP contribution is -2.40. The molecule has 1 heterocycles. The molecule has 1 atom stereocenters. The van der Waals surface area contributed by atoms with Crippen LogP contribution < -0.4 is 5.32 Å². The summed E-state index contributed by atoms with van der Waals surface area (Å²) in [6, 6.07) is 9.76. The van der Waals surface area contributed by atoms with Gasteiger partial charge in [0, 0.05) is 19.1 Å². The number of nitrogens with one attached hydrogen (secondary N) is 1. The molecule has 2 rings (SSSR count). The van der Waals surface area contributed by atoms with Crippen molar-refractivity contribution in [2.24, 2.45) is 5.92 Å². The average Bonchev–Trinajstić information content (AvgIpc) is 2.65. The van der Waals surface area contributed by atoms with Crippen LogP contribution in [0, 0.1) is 5.92 Å². The van der Waals surface area contributed by atoms with Crippen LogP contribution >= 0.6 is 0 Å². The molecular weight excluding hydrogens is 232 g/mol. The molecular formula is C17H28N2. The van der Waals surface area contributed by atoms with Crippen LogP contribution in [0.2, 0.25) is 0 Å². The molecule has 0 amide bonds. The molecule has 0 saturated carbocycles. The molecule has 106 valence electrons. The lowest BCUT2D eigenvalue weighted by Gasteiger charge is -2.26. The predicted molar refractivity (Wildman–Crippen MR) is 82.3 cm³/mol. The number of rotatable bonds is 4. The SMILES string of the molecule is CCc1ccc(CN2CCCNC(C(C)C)C2)cc1. The van der Waals surface area contributed by atoms with Crippen LogP contribution in [0.5, 0.6) is 0 Å². The highest BCUT2D eigenvalue weighted by atomic mass is 15.2. The molecule has 0 bridgehead atoms. The maximum atomic E-state index is 3.67. The molecule has 0 radical (unpaired) electrons. The van der Waals surface area contributed by atoms with E-state index in [0.717, 1.165) is 19.5 Å². The van der Waals surface area contributed by atoms with E-state index in [2.05, 4.69) is 55.3 Å². The Labute approximate surface area is 118 Å². The van der Waals surface area contributed by atoms with E-state index in [4.69, 9.17) is 0 Å². The number of benzene rings is 1. The van der Waals surface area contributed by atoms with Gasteiger partial charge in [0.1, 0.15) is 0 Å². The van der Waals surface area contributed by atoms with Crippen molar-refractivity contribution in [3.05, 3.63) is 35.4 Å². The number of aryl methyl sites for hydroxylation is 1. The third-order valence-corrected chi connectivity index (χ3v) is 4.15.